The summed E-state index contributed by atoms with van der Waals surface area (Å²) < 4.78 is 9.99. The number of methoxy groups -OCH3 is 1. The molecule has 136 valence electrons. The number of hydrogen-bond acceptors (Lipinski definition) is 8. The Hall–Kier alpha value is -1.73. The van der Waals surface area contributed by atoms with E-state index in [4.69, 9.17) is 19.0 Å². The van der Waals surface area contributed by atoms with E-state index in [-0.39, 0.29) is 5.75 Å². The predicted octanol–water partition coefficient (Wildman–Crippen LogP) is 2.18. The first-order valence-electron chi connectivity index (χ1n) is 8.16. The largest absolute Gasteiger partial charge is 0.504 e. The second kappa shape index (κ2) is 8.10. The number of benzene rings is 1. The lowest BCUT2D eigenvalue weighted by atomic mass is 9.94. The molecule has 1 aromatic heterocycles. The molecule has 0 spiro atoms. The van der Waals surface area contributed by atoms with E-state index in [2.05, 4.69) is 14.9 Å². The number of anilines is 1. The summed E-state index contributed by atoms with van der Waals surface area (Å²) in [6.45, 7) is 2.06. The fourth-order valence-electron chi connectivity index (χ4n) is 3.21. The van der Waals surface area contributed by atoms with Crippen LogP contribution in [0, 0.1) is 5.92 Å². The summed E-state index contributed by atoms with van der Waals surface area (Å²) in [6, 6.07) is 3.36. The molecular weight excluding hydrogens is 345 g/mol. The zero-order chi connectivity index (χ0) is 17.8. The van der Waals surface area contributed by atoms with Gasteiger partial charge in [0, 0.05) is 24.5 Å². The molecule has 25 heavy (non-hydrogen) atoms. The molecule has 1 saturated heterocycles. The van der Waals surface area contributed by atoms with Gasteiger partial charge in [0.25, 0.3) is 0 Å². The highest BCUT2D eigenvalue weighted by Crippen LogP contribution is 2.35. The lowest BCUT2D eigenvalue weighted by Gasteiger charge is -2.33. The van der Waals surface area contributed by atoms with Gasteiger partial charge >= 0.3 is 8.60 Å². The molecule has 8 nitrogen and oxygen atoms in total. The van der Waals surface area contributed by atoms with Crippen molar-refractivity contribution >= 4 is 25.3 Å². The molecule has 1 aromatic carbocycles. The van der Waals surface area contributed by atoms with Gasteiger partial charge < -0.3 is 29.1 Å². The summed E-state index contributed by atoms with van der Waals surface area (Å²) in [5.41, 5.74) is 0.731. The molecule has 3 rings (SSSR count). The number of aromatic nitrogens is 2. The minimum atomic E-state index is -2.26. The van der Waals surface area contributed by atoms with E-state index in [1.807, 2.05) is 0 Å². The third-order valence-electron chi connectivity index (χ3n) is 4.56. The van der Waals surface area contributed by atoms with Crippen molar-refractivity contribution < 1.29 is 24.2 Å². The molecule has 2 heterocycles. The summed E-state index contributed by atoms with van der Waals surface area (Å²) in [5, 5.41) is 10.9. The normalized spacial score (nSPS) is 15.9. The molecule has 0 amide bonds. The molecule has 3 N–H and O–H groups in total. The van der Waals surface area contributed by atoms with E-state index in [0.717, 1.165) is 49.1 Å². The van der Waals surface area contributed by atoms with Crippen LogP contribution in [0.25, 0.3) is 10.9 Å². The van der Waals surface area contributed by atoms with E-state index in [1.165, 1.54) is 13.4 Å². The van der Waals surface area contributed by atoms with Gasteiger partial charge in [-0.2, -0.15) is 0 Å². The first-order chi connectivity index (χ1) is 12.1. The third kappa shape index (κ3) is 4.27. The molecule has 0 atom stereocenters. The minimum absolute atomic E-state index is 0.0718. The fraction of sp³-hybridized carbons (Fsp3) is 0.500. The molecule has 9 heteroatoms. The first kappa shape index (κ1) is 18.1. The monoisotopic (exact) mass is 367 g/mol. The van der Waals surface area contributed by atoms with Gasteiger partial charge in [-0.15, -0.1) is 0 Å². The molecule has 0 aliphatic carbocycles. The van der Waals surface area contributed by atoms with Gasteiger partial charge in [-0.3, -0.25) is 0 Å². The highest BCUT2D eigenvalue weighted by atomic mass is 31.2. The lowest BCUT2D eigenvalue weighted by molar-refractivity contribution is 0.223. The molecule has 1 fully saturated rings. The van der Waals surface area contributed by atoms with Gasteiger partial charge in [0.1, 0.15) is 12.1 Å². The Bertz CT molecular complexity index is 722. The highest BCUT2D eigenvalue weighted by molar-refractivity contribution is 7.39. The SMILES string of the molecule is COc1cc2ncnc(N3CCC(CCOP(O)O)CC3)c2cc1O. The van der Waals surface area contributed by atoms with Crippen molar-refractivity contribution in [3.05, 3.63) is 18.5 Å². The maximum absolute atomic E-state index is 10.1. The summed E-state index contributed by atoms with van der Waals surface area (Å²) >= 11 is 0. The van der Waals surface area contributed by atoms with Crippen LogP contribution in [0.5, 0.6) is 11.5 Å². The van der Waals surface area contributed by atoms with Crippen LogP contribution < -0.4 is 9.64 Å². The van der Waals surface area contributed by atoms with Gasteiger partial charge in [0.05, 0.1) is 19.2 Å². The minimum Gasteiger partial charge on any atom is -0.504 e. The highest BCUT2D eigenvalue weighted by Gasteiger charge is 2.22. The van der Waals surface area contributed by atoms with Gasteiger partial charge in [0.2, 0.25) is 0 Å². The Morgan fingerprint density at radius 3 is 2.68 bits per heavy atom. The second-order valence-corrected chi connectivity index (χ2v) is 6.81. The van der Waals surface area contributed by atoms with E-state index in [0.29, 0.717) is 18.3 Å². The quantitative estimate of drug-likeness (QED) is 0.667. The van der Waals surface area contributed by atoms with Crippen molar-refractivity contribution in [1.82, 2.24) is 9.97 Å². The first-order valence-corrected chi connectivity index (χ1v) is 9.32. The van der Waals surface area contributed by atoms with E-state index in [1.54, 1.807) is 12.1 Å². The maximum Gasteiger partial charge on any atom is 0.327 e. The number of hydrogen-bond donors (Lipinski definition) is 3. The van der Waals surface area contributed by atoms with Crippen molar-refractivity contribution in [2.45, 2.75) is 19.3 Å². The van der Waals surface area contributed by atoms with E-state index in [9.17, 15) is 5.11 Å². The van der Waals surface area contributed by atoms with Crippen LogP contribution in [0.1, 0.15) is 19.3 Å². The van der Waals surface area contributed by atoms with Crippen LogP contribution in [0.4, 0.5) is 5.82 Å². The number of aromatic hydroxyl groups is 1. The van der Waals surface area contributed by atoms with Crippen LogP contribution in [0.3, 0.4) is 0 Å². The summed E-state index contributed by atoms with van der Waals surface area (Å²) in [5.74, 6) is 1.77. The molecule has 0 bridgehead atoms. The molecule has 0 unspecified atom stereocenters. The Morgan fingerprint density at radius 1 is 1.24 bits per heavy atom. The van der Waals surface area contributed by atoms with E-state index >= 15 is 0 Å². The topological polar surface area (TPSA) is 108 Å². The Kier molecular flexibility index (Phi) is 5.86. The van der Waals surface area contributed by atoms with Gasteiger partial charge in [-0.25, -0.2) is 9.97 Å². The average Bonchev–Trinajstić information content (AvgIpc) is 2.61. The molecule has 0 radical (unpaired) electrons. The number of phenolic OH excluding ortho intramolecular Hbond substituents is 1. The van der Waals surface area contributed by atoms with E-state index < -0.39 is 8.60 Å². The number of fused-ring (bicyclic) bond motifs is 1. The predicted molar refractivity (Wildman–Crippen MR) is 94.6 cm³/mol. The number of phenols is 1. The summed E-state index contributed by atoms with van der Waals surface area (Å²) in [6.07, 6.45) is 4.30. The zero-order valence-corrected chi connectivity index (χ0v) is 14.9. The third-order valence-corrected chi connectivity index (χ3v) is 4.98. The summed E-state index contributed by atoms with van der Waals surface area (Å²) in [7, 11) is -0.753. The number of nitrogens with zero attached hydrogens (tertiary/aromatic N) is 3. The molecule has 1 aliphatic heterocycles. The van der Waals surface area contributed by atoms with Crippen molar-refractivity contribution in [3.8, 4) is 11.5 Å². The Morgan fingerprint density at radius 2 is 2.00 bits per heavy atom. The standard InChI is InChI=1S/C16H22N3O5P/c1-23-15-9-13-12(8-14(15)20)16(18-10-17-13)19-5-2-11(3-6-19)4-7-24-25(21)22/h8-11,20-22H,2-7H2,1H3. The number of piperidine rings is 1. The van der Waals surface area contributed by atoms with Gasteiger partial charge in [0.15, 0.2) is 11.5 Å². The van der Waals surface area contributed by atoms with Crippen molar-refractivity contribution in [3.63, 3.8) is 0 Å². The molecule has 0 saturated carbocycles. The van der Waals surface area contributed by atoms with Gasteiger partial charge in [-0.1, -0.05) is 0 Å². The van der Waals surface area contributed by atoms with Crippen molar-refractivity contribution in [1.29, 1.82) is 0 Å². The zero-order valence-electron chi connectivity index (χ0n) is 14.0. The molecule has 1 aliphatic rings. The second-order valence-electron chi connectivity index (χ2n) is 6.04. The molecular formula is C16H22N3O5P. The van der Waals surface area contributed by atoms with Crippen molar-refractivity contribution in [2.24, 2.45) is 5.92 Å². The number of ether oxygens (including phenoxy) is 1. The van der Waals surface area contributed by atoms with Crippen LogP contribution in [-0.4, -0.2) is 51.7 Å². The van der Waals surface area contributed by atoms with Crippen LogP contribution in [0.2, 0.25) is 0 Å². The average molecular weight is 367 g/mol. The van der Waals surface area contributed by atoms with Crippen LogP contribution >= 0.6 is 8.60 Å². The smallest absolute Gasteiger partial charge is 0.327 e. The van der Waals surface area contributed by atoms with Crippen LogP contribution in [0.15, 0.2) is 18.5 Å². The number of rotatable bonds is 6. The maximum atomic E-state index is 10.1. The fourth-order valence-corrected chi connectivity index (χ4v) is 3.48. The molecule has 2 aromatic rings. The summed E-state index contributed by atoms with van der Waals surface area (Å²) in [4.78, 5) is 28.4. The Balaban J connectivity index is 1.70. The van der Waals surface area contributed by atoms with Crippen molar-refractivity contribution in [2.75, 3.05) is 31.7 Å². The van der Waals surface area contributed by atoms with Crippen LogP contribution in [-0.2, 0) is 4.52 Å². The lowest BCUT2D eigenvalue weighted by Crippen LogP contribution is -2.34. The van der Waals surface area contributed by atoms with Gasteiger partial charge in [-0.05, 0) is 31.2 Å². The Labute approximate surface area is 147 Å².